The van der Waals surface area contributed by atoms with Crippen LogP contribution in [0.2, 0.25) is 0 Å². The fourth-order valence-corrected chi connectivity index (χ4v) is 5.58. The number of benzene rings is 3. The summed E-state index contributed by atoms with van der Waals surface area (Å²) in [6.07, 6.45) is 2.27. The standard InChI is InChI=1S/C31H30N6O3S/c1-39-25-17-23-24(18-26(25)40-2)35-29-28(23)30(33-19-32-29)37-14-12-36(13-15-37)27(41)16-20-8-10-22(11-9-20)34-31(38)21-6-4-3-5-7-21/h3-11,17-19H,12-16H2,1-2H3,(H,34,38)(H,32,33,35). The van der Waals surface area contributed by atoms with Crippen LogP contribution in [0.5, 0.6) is 11.5 Å². The van der Waals surface area contributed by atoms with Crippen molar-refractivity contribution in [1.82, 2.24) is 19.9 Å². The molecule has 0 unspecified atom stereocenters. The van der Waals surface area contributed by atoms with E-state index in [1.165, 1.54) is 0 Å². The Morgan fingerprint density at radius 2 is 1.66 bits per heavy atom. The van der Waals surface area contributed by atoms with Gasteiger partial charge >= 0.3 is 0 Å². The van der Waals surface area contributed by atoms with Crippen molar-refractivity contribution in [3.8, 4) is 11.5 Å². The van der Waals surface area contributed by atoms with Gasteiger partial charge in [0.2, 0.25) is 0 Å². The lowest BCUT2D eigenvalue weighted by atomic mass is 10.1. The van der Waals surface area contributed by atoms with E-state index in [0.717, 1.165) is 70.2 Å². The number of aromatic amines is 1. The van der Waals surface area contributed by atoms with Crippen LogP contribution in [0.25, 0.3) is 21.9 Å². The molecule has 5 aromatic rings. The number of fused-ring (bicyclic) bond motifs is 3. The molecule has 6 rings (SSSR count). The molecule has 1 aliphatic rings. The fourth-order valence-electron chi connectivity index (χ4n) is 5.23. The summed E-state index contributed by atoms with van der Waals surface area (Å²) in [6, 6.07) is 21.0. The summed E-state index contributed by atoms with van der Waals surface area (Å²) >= 11 is 5.84. The van der Waals surface area contributed by atoms with Gasteiger partial charge in [0.05, 0.1) is 30.1 Å². The number of piperazine rings is 1. The van der Waals surface area contributed by atoms with Crippen LogP contribution in [0.4, 0.5) is 11.5 Å². The zero-order valence-corrected chi connectivity index (χ0v) is 23.7. The van der Waals surface area contributed by atoms with Gasteiger partial charge < -0.3 is 29.6 Å². The number of carbonyl (C=O) groups is 1. The highest BCUT2D eigenvalue weighted by molar-refractivity contribution is 7.80. The van der Waals surface area contributed by atoms with E-state index in [0.29, 0.717) is 23.5 Å². The maximum Gasteiger partial charge on any atom is 0.255 e. The molecule has 0 aliphatic carbocycles. The van der Waals surface area contributed by atoms with Crippen LogP contribution in [0, 0.1) is 0 Å². The van der Waals surface area contributed by atoms with Crippen molar-refractivity contribution in [3.05, 3.63) is 84.2 Å². The summed E-state index contributed by atoms with van der Waals surface area (Å²) in [4.78, 5) is 30.4. The highest BCUT2D eigenvalue weighted by Gasteiger charge is 2.24. The van der Waals surface area contributed by atoms with E-state index in [4.69, 9.17) is 21.7 Å². The van der Waals surface area contributed by atoms with Crippen LogP contribution < -0.4 is 19.7 Å². The number of aromatic nitrogens is 3. The Labute approximate surface area is 243 Å². The van der Waals surface area contributed by atoms with E-state index in [-0.39, 0.29) is 5.91 Å². The van der Waals surface area contributed by atoms with Crippen molar-refractivity contribution in [2.45, 2.75) is 6.42 Å². The molecule has 1 saturated heterocycles. The van der Waals surface area contributed by atoms with Crippen molar-refractivity contribution in [1.29, 1.82) is 0 Å². The lowest BCUT2D eigenvalue weighted by Crippen LogP contribution is -2.49. The van der Waals surface area contributed by atoms with Crippen LogP contribution in [-0.2, 0) is 6.42 Å². The number of ether oxygens (including phenoxy) is 2. The quantitative estimate of drug-likeness (QED) is 0.264. The van der Waals surface area contributed by atoms with Crippen LogP contribution in [0.3, 0.4) is 0 Å². The van der Waals surface area contributed by atoms with Crippen molar-refractivity contribution >= 4 is 56.6 Å². The number of anilines is 2. The van der Waals surface area contributed by atoms with Crippen molar-refractivity contribution in [2.75, 3.05) is 50.6 Å². The van der Waals surface area contributed by atoms with Gasteiger partial charge in [-0.15, -0.1) is 0 Å². The minimum absolute atomic E-state index is 0.126. The molecule has 2 N–H and O–H groups in total. The monoisotopic (exact) mass is 566 g/mol. The van der Waals surface area contributed by atoms with E-state index in [1.807, 2.05) is 54.6 Å². The lowest BCUT2D eigenvalue weighted by Gasteiger charge is -2.37. The molecule has 3 aromatic carbocycles. The fraction of sp³-hybridized carbons (Fsp3) is 0.226. The third kappa shape index (κ3) is 5.38. The van der Waals surface area contributed by atoms with Crippen LogP contribution in [0.1, 0.15) is 15.9 Å². The predicted octanol–water partition coefficient (Wildman–Crippen LogP) is 5.07. The number of hydrogen-bond donors (Lipinski definition) is 2. The maximum absolute atomic E-state index is 12.4. The van der Waals surface area contributed by atoms with Gasteiger partial charge in [-0.05, 0) is 35.9 Å². The number of carbonyl (C=O) groups excluding carboxylic acids is 1. The highest BCUT2D eigenvalue weighted by Crippen LogP contribution is 2.38. The van der Waals surface area contributed by atoms with Crippen LogP contribution >= 0.6 is 12.2 Å². The number of methoxy groups -OCH3 is 2. The van der Waals surface area contributed by atoms with Crippen molar-refractivity contribution in [3.63, 3.8) is 0 Å². The minimum atomic E-state index is -0.126. The van der Waals surface area contributed by atoms with E-state index >= 15 is 0 Å². The molecule has 1 amide bonds. The third-order valence-corrected chi connectivity index (χ3v) is 7.81. The number of thiocarbonyl (C=S) groups is 1. The van der Waals surface area contributed by atoms with Gasteiger partial charge in [0.15, 0.2) is 11.5 Å². The number of H-pyrrole nitrogens is 1. The summed E-state index contributed by atoms with van der Waals surface area (Å²) < 4.78 is 11.0. The Bertz CT molecular complexity index is 1710. The number of rotatable bonds is 7. The molecule has 0 saturated carbocycles. The maximum atomic E-state index is 12.4. The molecule has 10 heteroatoms. The largest absolute Gasteiger partial charge is 0.493 e. The molecule has 2 aromatic heterocycles. The normalized spacial score (nSPS) is 13.4. The van der Waals surface area contributed by atoms with Gasteiger partial charge in [-0.1, -0.05) is 42.5 Å². The Balaban J connectivity index is 1.11. The SMILES string of the molecule is COc1cc2[nH]c3ncnc(N4CCN(C(=S)Cc5ccc(NC(=O)c6ccccc6)cc5)CC4)c3c2cc1OC. The summed E-state index contributed by atoms with van der Waals surface area (Å²) in [5, 5.41) is 4.91. The second kappa shape index (κ2) is 11.4. The molecule has 1 fully saturated rings. The second-order valence-electron chi connectivity index (χ2n) is 9.86. The predicted molar refractivity (Wildman–Crippen MR) is 165 cm³/mol. The van der Waals surface area contributed by atoms with Crippen LogP contribution in [-0.4, -0.2) is 71.1 Å². The van der Waals surface area contributed by atoms with Crippen molar-refractivity contribution in [2.24, 2.45) is 0 Å². The Hall–Kier alpha value is -4.70. The Morgan fingerprint density at radius 1 is 0.951 bits per heavy atom. The van der Waals surface area contributed by atoms with E-state index in [9.17, 15) is 4.79 Å². The molecule has 41 heavy (non-hydrogen) atoms. The zero-order chi connectivity index (χ0) is 28.3. The first-order valence-electron chi connectivity index (χ1n) is 13.4. The van der Waals surface area contributed by atoms with Gasteiger partial charge in [0.1, 0.15) is 17.8 Å². The van der Waals surface area contributed by atoms with Crippen molar-refractivity contribution < 1.29 is 14.3 Å². The van der Waals surface area contributed by atoms with Gasteiger partial charge in [-0.25, -0.2) is 9.97 Å². The zero-order valence-electron chi connectivity index (χ0n) is 22.9. The molecule has 208 valence electrons. The average Bonchev–Trinajstić information content (AvgIpc) is 3.39. The smallest absolute Gasteiger partial charge is 0.255 e. The molecule has 3 heterocycles. The Morgan fingerprint density at radius 3 is 2.37 bits per heavy atom. The number of hydrogen-bond acceptors (Lipinski definition) is 7. The topological polar surface area (TPSA) is 95.6 Å². The van der Waals surface area contributed by atoms with Gasteiger partial charge in [-0.2, -0.15) is 0 Å². The lowest BCUT2D eigenvalue weighted by molar-refractivity contribution is 0.102. The third-order valence-electron chi connectivity index (χ3n) is 7.41. The first-order valence-corrected chi connectivity index (χ1v) is 13.8. The summed E-state index contributed by atoms with van der Waals surface area (Å²) in [7, 11) is 3.26. The molecule has 0 bridgehead atoms. The molecule has 9 nitrogen and oxygen atoms in total. The number of nitrogens with zero attached hydrogens (tertiary/aromatic N) is 4. The van der Waals surface area contributed by atoms with Gasteiger partial charge in [0.25, 0.3) is 5.91 Å². The molecule has 0 spiro atoms. The molecule has 1 aliphatic heterocycles. The molecule has 0 radical (unpaired) electrons. The van der Waals surface area contributed by atoms with E-state index in [1.54, 1.807) is 32.7 Å². The van der Waals surface area contributed by atoms with Gasteiger partial charge in [-0.3, -0.25) is 4.79 Å². The van der Waals surface area contributed by atoms with Gasteiger partial charge in [0, 0.05) is 55.3 Å². The first-order chi connectivity index (χ1) is 20.0. The van der Waals surface area contributed by atoms with E-state index < -0.39 is 0 Å². The van der Waals surface area contributed by atoms with Crippen LogP contribution in [0.15, 0.2) is 73.1 Å². The molecule has 0 atom stereocenters. The molecular formula is C31H30N6O3S. The summed E-state index contributed by atoms with van der Waals surface area (Å²) in [6.45, 7) is 3.18. The molecular weight excluding hydrogens is 536 g/mol. The average molecular weight is 567 g/mol. The van der Waals surface area contributed by atoms with E-state index in [2.05, 4.69) is 30.1 Å². The summed E-state index contributed by atoms with van der Waals surface area (Å²) in [5.41, 5.74) is 4.19. The number of amides is 1. The Kier molecular flexibility index (Phi) is 7.39. The first kappa shape index (κ1) is 26.5. The highest BCUT2D eigenvalue weighted by atomic mass is 32.1. The summed E-state index contributed by atoms with van der Waals surface area (Å²) in [5.74, 6) is 2.10. The second-order valence-corrected chi connectivity index (χ2v) is 10.3. The number of nitrogens with one attached hydrogen (secondary N) is 2. The minimum Gasteiger partial charge on any atom is -0.493 e.